The summed E-state index contributed by atoms with van der Waals surface area (Å²) in [5, 5.41) is 0. The van der Waals surface area contributed by atoms with E-state index < -0.39 is 21.6 Å². The van der Waals surface area contributed by atoms with Crippen molar-refractivity contribution in [2.75, 3.05) is 23.0 Å². The molecule has 0 bridgehead atoms. The molecule has 1 heterocycles. The molecule has 0 radical (unpaired) electrons. The summed E-state index contributed by atoms with van der Waals surface area (Å²) in [6.07, 6.45) is -4.48. The van der Waals surface area contributed by atoms with Crippen molar-refractivity contribution in [1.29, 1.82) is 0 Å². The molecule has 0 aromatic heterocycles. The van der Waals surface area contributed by atoms with Gasteiger partial charge in [-0.05, 0) is 24.6 Å². The first-order valence-corrected chi connectivity index (χ1v) is 8.73. The predicted octanol–water partition coefficient (Wildman–Crippen LogP) is 3.07. The van der Waals surface area contributed by atoms with E-state index in [4.69, 9.17) is 11.6 Å². The van der Waals surface area contributed by atoms with E-state index in [1.807, 2.05) is 0 Å². The molecule has 1 unspecified atom stereocenters. The van der Waals surface area contributed by atoms with Crippen LogP contribution in [0.15, 0.2) is 18.2 Å². The molecule has 21 heavy (non-hydrogen) atoms. The SMILES string of the molecule is CC1CS(=O)(=O)CCN1c1ccc(CCl)c(C(F)(F)F)c1. The molecule has 0 spiro atoms. The van der Waals surface area contributed by atoms with Crippen molar-refractivity contribution in [2.24, 2.45) is 0 Å². The van der Waals surface area contributed by atoms with E-state index in [9.17, 15) is 21.6 Å². The molecular weight excluding hydrogens is 327 g/mol. The molecule has 1 aliphatic heterocycles. The summed E-state index contributed by atoms with van der Waals surface area (Å²) >= 11 is 5.55. The highest BCUT2D eigenvalue weighted by Crippen LogP contribution is 2.36. The van der Waals surface area contributed by atoms with E-state index in [1.165, 1.54) is 6.07 Å². The molecule has 1 aromatic carbocycles. The van der Waals surface area contributed by atoms with Crippen molar-refractivity contribution in [3.63, 3.8) is 0 Å². The Morgan fingerprint density at radius 2 is 2.05 bits per heavy atom. The molecular formula is C13H15ClF3NO2S. The normalized spacial score (nSPS) is 22.3. The Morgan fingerprint density at radius 1 is 1.38 bits per heavy atom. The van der Waals surface area contributed by atoms with E-state index in [-0.39, 0.29) is 35.5 Å². The lowest BCUT2D eigenvalue weighted by atomic mass is 10.1. The summed E-state index contributed by atoms with van der Waals surface area (Å²) in [5.74, 6) is -0.319. The summed E-state index contributed by atoms with van der Waals surface area (Å²) in [6.45, 7) is 1.89. The van der Waals surface area contributed by atoms with Crippen molar-refractivity contribution in [3.8, 4) is 0 Å². The van der Waals surface area contributed by atoms with Crippen LogP contribution in [0.3, 0.4) is 0 Å². The van der Waals surface area contributed by atoms with Crippen LogP contribution in [0.2, 0.25) is 0 Å². The highest BCUT2D eigenvalue weighted by atomic mass is 35.5. The van der Waals surface area contributed by atoms with Crippen LogP contribution in [-0.4, -0.2) is 32.5 Å². The molecule has 0 aliphatic carbocycles. The number of alkyl halides is 4. The number of anilines is 1. The van der Waals surface area contributed by atoms with Gasteiger partial charge in [0.05, 0.1) is 17.1 Å². The van der Waals surface area contributed by atoms with Crippen molar-refractivity contribution in [3.05, 3.63) is 29.3 Å². The Balaban J connectivity index is 2.37. The van der Waals surface area contributed by atoms with Crippen LogP contribution in [0, 0.1) is 0 Å². The Hall–Kier alpha value is -0.950. The van der Waals surface area contributed by atoms with Gasteiger partial charge in [-0.3, -0.25) is 0 Å². The molecule has 8 heteroatoms. The average Bonchev–Trinajstić information content (AvgIpc) is 2.36. The number of hydrogen-bond donors (Lipinski definition) is 0. The van der Waals surface area contributed by atoms with Crippen LogP contribution in [0.1, 0.15) is 18.1 Å². The first kappa shape index (κ1) is 16.4. The lowest BCUT2D eigenvalue weighted by Crippen LogP contribution is -2.47. The first-order valence-electron chi connectivity index (χ1n) is 6.37. The van der Waals surface area contributed by atoms with Crippen molar-refractivity contribution >= 4 is 27.1 Å². The summed E-state index contributed by atoms with van der Waals surface area (Å²) in [5.41, 5.74) is -0.376. The van der Waals surface area contributed by atoms with Crippen LogP contribution in [0.25, 0.3) is 0 Å². The monoisotopic (exact) mass is 341 g/mol. The average molecular weight is 342 g/mol. The molecule has 0 saturated carbocycles. The second kappa shape index (κ2) is 5.68. The molecule has 0 N–H and O–H groups in total. The topological polar surface area (TPSA) is 37.4 Å². The van der Waals surface area contributed by atoms with Gasteiger partial charge in [-0.15, -0.1) is 11.6 Å². The quantitative estimate of drug-likeness (QED) is 0.776. The maximum atomic E-state index is 13.0. The minimum absolute atomic E-state index is 0.0187. The van der Waals surface area contributed by atoms with E-state index in [0.717, 1.165) is 6.07 Å². The number of rotatable bonds is 2. The molecule has 1 aromatic rings. The second-order valence-corrected chi connectivity index (χ2v) is 7.63. The fourth-order valence-corrected chi connectivity index (χ4v) is 4.30. The van der Waals surface area contributed by atoms with Gasteiger partial charge in [-0.25, -0.2) is 8.42 Å². The van der Waals surface area contributed by atoms with Gasteiger partial charge in [0.1, 0.15) is 0 Å². The molecule has 2 rings (SSSR count). The van der Waals surface area contributed by atoms with Gasteiger partial charge in [0.25, 0.3) is 0 Å². The molecule has 118 valence electrons. The van der Waals surface area contributed by atoms with E-state index in [2.05, 4.69) is 0 Å². The van der Waals surface area contributed by atoms with Gasteiger partial charge >= 0.3 is 6.18 Å². The van der Waals surface area contributed by atoms with Crippen molar-refractivity contribution in [1.82, 2.24) is 0 Å². The van der Waals surface area contributed by atoms with Gasteiger partial charge in [0.15, 0.2) is 9.84 Å². The lowest BCUT2D eigenvalue weighted by molar-refractivity contribution is -0.138. The number of sulfone groups is 1. The molecule has 1 aliphatic rings. The fraction of sp³-hybridized carbons (Fsp3) is 0.538. The van der Waals surface area contributed by atoms with E-state index in [0.29, 0.717) is 5.69 Å². The molecule has 1 saturated heterocycles. The van der Waals surface area contributed by atoms with Gasteiger partial charge in [-0.2, -0.15) is 13.2 Å². The van der Waals surface area contributed by atoms with Gasteiger partial charge in [0, 0.05) is 24.2 Å². The number of nitrogens with zero attached hydrogens (tertiary/aromatic N) is 1. The Labute approximate surface area is 126 Å². The molecule has 1 fully saturated rings. The molecule has 1 atom stereocenters. The summed E-state index contributed by atoms with van der Waals surface area (Å²) in [4.78, 5) is 1.69. The van der Waals surface area contributed by atoms with Crippen LogP contribution in [-0.2, 0) is 21.9 Å². The third-order valence-electron chi connectivity index (χ3n) is 3.54. The fourth-order valence-electron chi connectivity index (χ4n) is 2.51. The smallest absolute Gasteiger partial charge is 0.367 e. The lowest BCUT2D eigenvalue weighted by Gasteiger charge is -2.35. The molecule has 0 amide bonds. The third kappa shape index (κ3) is 3.63. The van der Waals surface area contributed by atoms with Crippen molar-refractivity contribution < 1.29 is 21.6 Å². The largest absolute Gasteiger partial charge is 0.416 e. The minimum Gasteiger partial charge on any atom is -0.367 e. The highest BCUT2D eigenvalue weighted by Gasteiger charge is 2.35. The maximum Gasteiger partial charge on any atom is 0.416 e. The van der Waals surface area contributed by atoms with Gasteiger partial charge < -0.3 is 4.90 Å². The Kier molecular flexibility index (Phi) is 4.44. The zero-order valence-electron chi connectivity index (χ0n) is 11.3. The van der Waals surface area contributed by atoms with E-state index in [1.54, 1.807) is 17.9 Å². The predicted molar refractivity (Wildman–Crippen MR) is 76.5 cm³/mol. The summed E-state index contributed by atoms with van der Waals surface area (Å²) < 4.78 is 62.2. The third-order valence-corrected chi connectivity index (χ3v) is 5.63. The zero-order chi connectivity index (χ0) is 15.8. The van der Waals surface area contributed by atoms with Crippen molar-refractivity contribution in [2.45, 2.75) is 25.0 Å². The van der Waals surface area contributed by atoms with Gasteiger partial charge in [0.2, 0.25) is 0 Å². The summed E-state index contributed by atoms with van der Waals surface area (Å²) in [6, 6.07) is 3.60. The first-order chi connectivity index (χ1) is 9.64. The summed E-state index contributed by atoms with van der Waals surface area (Å²) in [7, 11) is -3.11. The number of benzene rings is 1. The van der Waals surface area contributed by atoms with E-state index >= 15 is 0 Å². The van der Waals surface area contributed by atoms with Gasteiger partial charge in [-0.1, -0.05) is 6.07 Å². The van der Waals surface area contributed by atoms with Crippen LogP contribution < -0.4 is 4.90 Å². The molecule has 3 nitrogen and oxygen atoms in total. The van der Waals surface area contributed by atoms with Crippen LogP contribution >= 0.6 is 11.6 Å². The number of hydrogen-bond acceptors (Lipinski definition) is 3. The number of halogens is 4. The van der Waals surface area contributed by atoms with Crippen LogP contribution in [0.5, 0.6) is 0 Å². The Bertz CT molecular complexity index is 631. The standard InChI is InChI=1S/C13H15ClF3NO2S/c1-9-8-21(19,20)5-4-18(9)11-3-2-10(7-14)12(6-11)13(15,16)17/h2-3,6,9H,4-5,7-8H2,1H3. The van der Waals surface area contributed by atoms with Crippen LogP contribution in [0.4, 0.5) is 18.9 Å². The highest BCUT2D eigenvalue weighted by molar-refractivity contribution is 7.91. The Morgan fingerprint density at radius 3 is 2.57 bits per heavy atom. The second-order valence-electron chi connectivity index (χ2n) is 5.13. The zero-order valence-corrected chi connectivity index (χ0v) is 12.9. The minimum atomic E-state index is -4.48. The maximum absolute atomic E-state index is 13.0.